The molecule has 1 aromatic carbocycles. The molecule has 0 unspecified atom stereocenters. The molecule has 2 heterocycles. The second-order valence-corrected chi connectivity index (χ2v) is 6.06. The van der Waals surface area contributed by atoms with Gasteiger partial charge in [0.1, 0.15) is 5.82 Å². The Kier molecular flexibility index (Phi) is 4.08. The van der Waals surface area contributed by atoms with Crippen LogP contribution < -0.4 is 5.32 Å². The first-order valence-electron chi connectivity index (χ1n) is 6.80. The fourth-order valence-corrected chi connectivity index (χ4v) is 3.40. The van der Waals surface area contributed by atoms with Crippen LogP contribution in [0.1, 0.15) is 18.4 Å². The van der Waals surface area contributed by atoms with Gasteiger partial charge in [0, 0.05) is 22.6 Å². The fourth-order valence-electron chi connectivity index (χ4n) is 2.60. The lowest BCUT2D eigenvalue weighted by atomic mass is 10.0. The average molecular weight is 303 g/mol. The van der Waals surface area contributed by atoms with Crippen LogP contribution in [0.2, 0.25) is 0 Å². The van der Waals surface area contributed by atoms with E-state index in [1.54, 1.807) is 11.8 Å². The summed E-state index contributed by atoms with van der Waals surface area (Å²) >= 11 is 7.05. The highest BCUT2D eigenvalue weighted by Crippen LogP contribution is 2.34. The SMILES string of the molecule is CSc1ccccc1-c1[nH]c(=S)nc2c1CCCCN2. The van der Waals surface area contributed by atoms with Crippen molar-refractivity contribution in [1.29, 1.82) is 0 Å². The first-order valence-corrected chi connectivity index (χ1v) is 8.43. The van der Waals surface area contributed by atoms with Gasteiger partial charge in [-0.1, -0.05) is 18.2 Å². The third-order valence-corrected chi connectivity index (χ3v) is 4.54. The van der Waals surface area contributed by atoms with Gasteiger partial charge in [-0.2, -0.15) is 0 Å². The van der Waals surface area contributed by atoms with E-state index in [1.807, 2.05) is 0 Å². The van der Waals surface area contributed by atoms with Gasteiger partial charge in [-0.3, -0.25) is 0 Å². The van der Waals surface area contributed by atoms with Crippen LogP contribution in [0.4, 0.5) is 5.82 Å². The highest BCUT2D eigenvalue weighted by Gasteiger charge is 2.16. The van der Waals surface area contributed by atoms with Gasteiger partial charge in [0.25, 0.3) is 0 Å². The minimum Gasteiger partial charge on any atom is -0.370 e. The summed E-state index contributed by atoms with van der Waals surface area (Å²) in [5.74, 6) is 0.956. The Labute approximate surface area is 128 Å². The molecule has 3 rings (SSSR count). The van der Waals surface area contributed by atoms with Gasteiger partial charge in [0.2, 0.25) is 0 Å². The maximum absolute atomic E-state index is 5.30. The van der Waals surface area contributed by atoms with Crippen LogP contribution in [0.25, 0.3) is 11.3 Å². The molecular weight excluding hydrogens is 286 g/mol. The van der Waals surface area contributed by atoms with E-state index in [-0.39, 0.29) is 0 Å². The van der Waals surface area contributed by atoms with E-state index in [1.165, 1.54) is 28.9 Å². The third kappa shape index (κ3) is 2.60. The lowest BCUT2D eigenvalue weighted by molar-refractivity contribution is 0.785. The quantitative estimate of drug-likeness (QED) is 0.642. The number of benzene rings is 1. The minimum atomic E-state index is 0.545. The summed E-state index contributed by atoms with van der Waals surface area (Å²) in [6.07, 6.45) is 5.50. The first kappa shape index (κ1) is 13.6. The van der Waals surface area contributed by atoms with Crippen molar-refractivity contribution in [1.82, 2.24) is 9.97 Å². The summed E-state index contributed by atoms with van der Waals surface area (Å²) in [7, 11) is 0. The maximum Gasteiger partial charge on any atom is 0.199 e. The molecular formula is C15H17N3S2. The van der Waals surface area contributed by atoms with E-state index >= 15 is 0 Å². The first-order chi connectivity index (χ1) is 9.79. The van der Waals surface area contributed by atoms with Crippen molar-refractivity contribution in [3.05, 3.63) is 34.6 Å². The van der Waals surface area contributed by atoms with Crippen molar-refractivity contribution in [2.45, 2.75) is 24.2 Å². The number of hydrogen-bond donors (Lipinski definition) is 2. The second-order valence-electron chi connectivity index (χ2n) is 4.83. The standard InChI is InChI=1S/C15H17N3S2/c1-20-12-8-3-2-6-10(12)13-11-7-4-5-9-16-14(11)18-15(19)17-13/h2-3,6,8H,4-5,7,9H2,1H3,(H2,16,17,18,19). The number of thioether (sulfide) groups is 1. The minimum absolute atomic E-state index is 0.545. The molecule has 1 aliphatic rings. The van der Waals surface area contributed by atoms with E-state index in [9.17, 15) is 0 Å². The number of fused-ring (bicyclic) bond motifs is 1. The number of nitrogens with zero attached hydrogens (tertiary/aromatic N) is 1. The molecule has 1 aliphatic heterocycles. The fraction of sp³-hybridized carbons (Fsp3) is 0.333. The Morgan fingerprint density at radius 3 is 2.95 bits per heavy atom. The Hall–Kier alpha value is -1.33. The van der Waals surface area contributed by atoms with Crippen LogP contribution in [0.5, 0.6) is 0 Å². The van der Waals surface area contributed by atoms with Gasteiger partial charge in [0.05, 0.1) is 5.69 Å². The van der Waals surface area contributed by atoms with E-state index in [0.717, 1.165) is 24.5 Å². The third-order valence-electron chi connectivity index (χ3n) is 3.56. The molecule has 2 N–H and O–H groups in total. The molecule has 0 spiro atoms. The largest absolute Gasteiger partial charge is 0.370 e. The number of aromatic nitrogens is 2. The Balaban J connectivity index is 2.23. The summed E-state index contributed by atoms with van der Waals surface area (Å²) in [4.78, 5) is 9.02. The number of H-pyrrole nitrogens is 1. The summed E-state index contributed by atoms with van der Waals surface area (Å²) < 4.78 is 0.545. The van der Waals surface area contributed by atoms with Crippen LogP contribution in [0.3, 0.4) is 0 Å². The molecule has 1 aromatic heterocycles. The molecule has 3 nitrogen and oxygen atoms in total. The van der Waals surface area contributed by atoms with Crippen LogP contribution in [0.15, 0.2) is 29.2 Å². The van der Waals surface area contributed by atoms with E-state index in [0.29, 0.717) is 4.77 Å². The van der Waals surface area contributed by atoms with Gasteiger partial charge in [-0.05, 0) is 43.8 Å². The van der Waals surface area contributed by atoms with Gasteiger partial charge in [0.15, 0.2) is 4.77 Å². The molecule has 2 aromatic rings. The summed E-state index contributed by atoms with van der Waals surface area (Å²) in [5.41, 5.74) is 3.60. The lowest BCUT2D eigenvalue weighted by Crippen LogP contribution is -2.05. The zero-order chi connectivity index (χ0) is 13.9. The number of hydrogen-bond acceptors (Lipinski definition) is 4. The summed E-state index contributed by atoms with van der Waals surface area (Å²) in [6, 6.07) is 8.44. The van der Waals surface area contributed by atoms with Crippen molar-refractivity contribution in [2.75, 3.05) is 18.1 Å². The van der Waals surface area contributed by atoms with Gasteiger partial charge >= 0.3 is 0 Å². The van der Waals surface area contributed by atoms with Crippen molar-refractivity contribution in [3.8, 4) is 11.3 Å². The highest BCUT2D eigenvalue weighted by molar-refractivity contribution is 7.98. The van der Waals surface area contributed by atoms with Crippen molar-refractivity contribution < 1.29 is 0 Å². The van der Waals surface area contributed by atoms with Crippen LogP contribution in [-0.2, 0) is 6.42 Å². The Morgan fingerprint density at radius 2 is 2.10 bits per heavy atom. The predicted molar refractivity (Wildman–Crippen MR) is 88.1 cm³/mol. The number of nitrogens with one attached hydrogen (secondary N) is 2. The summed E-state index contributed by atoms with van der Waals surface area (Å²) in [5, 5.41) is 3.41. The number of anilines is 1. The monoisotopic (exact) mass is 303 g/mol. The molecule has 20 heavy (non-hydrogen) atoms. The zero-order valence-corrected chi connectivity index (χ0v) is 13.0. The zero-order valence-electron chi connectivity index (χ0n) is 11.4. The van der Waals surface area contributed by atoms with Gasteiger partial charge in [-0.15, -0.1) is 11.8 Å². The van der Waals surface area contributed by atoms with Crippen LogP contribution in [0, 0.1) is 4.77 Å². The molecule has 0 atom stereocenters. The molecule has 0 radical (unpaired) electrons. The molecule has 104 valence electrons. The lowest BCUT2D eigenvalue weighted by Gasteiger charge is -2.14. The van der Waals surface area contributed by atoms with E-state index < -0.39 is 0 Å². The van der Waals surface area contributed by atoms with E-state index in [2.05, 4.69) is 45.8 Å². The predicted octanol–water partition coefficient (Wildman–Crippen LogP) is 4.28. The molecule has 0 saturated heterocycles. The Bertz CT molecular complexity index is 679. The molecule has 5 heteroatoms. The summed E-state index contributed by atoms with van der Waals surface area (Å²) in [6.45, 7) is 0.975. The molecule has 0 amide bonds. The Morgan fingerprint density at radius 1 is 1.25 bits per heavy atom. The van der Waals surface area contributed by atoms with Crippen molar-refractivity contribution in [3.63, 3.8) is 0 Å². The van der Waals surface area contributed by atoms with Gasteiger partial charge < -0.3 is 10.3 Å². The molecule has 0 fully saturated rings. The highest BCUT2D eigenvalue weighted by atomic mass is 32.2. The maximum atomic E-state index is 5.30. The average Bonchev–Trinajstić information content (AvgIpc) is 2.71. The normalized spacial score (nSPS) is 14.2. The molecule has 0 bridgehead atoms. The van der Waals surface area contributed by atoms with Gasteiger partial charge in [-0.25, -0.2) is 4.98 Å². The van der Waals surface area contributed by atoms with Crippen molar-refractivity contribution in [2.24, 2.45) is 0 Å². The molecule has 0 aliphatic carbocycles. The second kappa shape index (κ2) is 5.97. The van der Waals surface area contributed by atoms with Crippen LogP contribution in [-0.4, -0.2) is 22.8 Å². The van der Waals surface area contributed by atoms with Crippen LogP contribution >= 0.6 is 24.0 Å². The molecule has 0 saturated carbocycles. The van der Waals surface area contributed by atoms with E-state index in [4.69, 9.17) is 12.2 Å². The smallest absolute Gasteiger partial charge is 0.199 e. The van der Waals surface area contributed by atoms with Crippen molar-refractivity contribution >= 4 is 29.8 Å². The number of aromatic amines is 1. The topological polar surface area (TPSA) is 40.7 Å². The number of rotatable bonds is 2.